The Morgan fingerprint density at radius 1 is 1.37 bits per heavy atom. The lowest BCUT2D eigenvalue weighted by Gasteiger charge is -2.32. The highest BCUT2D eigenvalue weighted by atomic mass is 16.5. The van der Waals surface area contributed by atoms with Crippen LogP contribution in [-0.4, -0.2) is 35.4 Å². The summed E-state index contributed by atoms with van der Waals surface area (Å²) in [4.78, 5) is 30.7. The number of methoxy groups -OCH3 is 1. The molecule has 0 aliphatic carbocycles. The van der Waals surface area contributed by atoms with Crippen molar-refractivity contribution in [1.29, 1.82) is 0 Å². The molecule has 142 valence electrons. The molecule has 1 aromatic heterocycles. The summed E-state index contributed by atoms with van der Waals surface area (Å²) in [5.41, 5.74) is 3.10. The van der Waals surface area contributed by atoms with Crippen molar-refractivity contribution in [3.8, 4) is 5.75 Å². The Hall–Kier alpha value is -2.89. The van der Waals surface area contributed by atoms with Crippen molar-refractivity contribution in [2.24, 2.45) is 5.92 Å². The van der Waals surface area contributed by atoms with Crippen LogP contribution in [0.3, 0.4) is 0 Å². The van der Waals surface area contributed by atoms with Crippen LogP contribution < -0.4 is 10.1 Å². The number of hydrogen-bond donors (Lipinski definition) is 1. The Kier molecular flexibility index (Phi) is 6.06. The fourth-order valence-electron chi connectivity index (χ4n) is 3.30. The normalized spacial score (nSPS) is 16.9. The Balaban J connectivity index is 1.59. The first-order valence-electron chi connectivity index (χ1n) is 9.14. The van der Waals surface area contributed by atoms with Gasteiger partial charge in [-0.15, -0.1) is 0 Å². The zero-order chi connectivity index (χ0) is 19.2. The molecule has 2 heterocycles. The van der Waals surface area contributed by atoms with Gasteiger partial charge in [-0.2, -0.15) is 0 Å². The van der Waals surface area contributed by atoms with Crippen LogP contribution in [0.5, 0.6) is 5.75 Å². The molecule has 0 saturated carbocycles. The maximum Gasteiger partial charge on any atom is 0.225 e. The largest absolute Gasteiger partial charge is 0.497 e. The van der Waals surface area contributed by atoms with E-state index in [1.165, 1.54) is 0 Å². The average molecular weight is 367 g/mol. The first kappa shape index (κ1) is 18.9. The first-order valence-corrected chi connectivity index (χ1v) is 9.14. The number of pyridine rings is 1. The van der Waals surface area contributed by atoms with Crippen molar-refractivity contribution in [1.82, 2.24) is 15.2 Å². The van der Waals surface area contributed by atoms with E-state index in [-0.39, 0.29) is 17.7 Å². The number of carbonyl (C=O) groups is 2. The molecule has 1 unspecified atom stereocenters. The van der Waals surface area contributed by atoms with Crippen molar-refractivity contribution in [3.63, 3.8) is 0 Å². The third kappa shape index (κ3) is 4.84. The number of nitrogens with zero attached hydrogens (tertiary/aromatic N) is 2. The van der Waals surface area contributed by atoms with Crippen molar-refractivity contribution >= 4 is 11.8 Å². The third-order valence-electron chi connectivity index (χ3n) is 4.97. The zero-order valence-electron chi connectivity index (χ0n) is 15.8. The molecule has 0 spiro atoms. The van der Waals surface area contributed by atoms with E-state index in [0.29, 0.717) is 32.5 Å². The molecular weight excluding hydrogens is 342 g/mol. The Bertz CT molecular complexity index is 822. The van der Waals surface area contributed by atoms with Gasteiger partial charge in [0.25, 0.3) is 0 Å². The minimum Gasteiger partial charge on any atom is -0.497 e. The number of aromatic nitrogens is 1. The molecule has 1 aliphatic rings. The summed E-state index contributed by atoms with van der Waals surface area (Å²) in [6, 6.07) is 9.58. The standard InChI is InChI=1S/C21H25N3O3/c1-15-11-22-9-8-17(15)12-23-21(26)18-6-7-20(25)24(14-18)13-16-4-3-5-19(10-16)27-2/h3-5,8-11,18H,6-7,12-14H2,1-2H3,(H,23,26). The highest BCUT2D eigenvalue weighted by Gasteiger charge is 2.30. The summed E-state index contributed by atoms with van der Waals surface area (Å²) in [5, 5.41) is 3.00. The van der Waals surface area contributed by atoms with Gasteiger partial charge in [-0.25, -0.2) is 0 Å². The van der Waals surface area contributed by atoms with Gasteiger partial charge in [-0.1, -0.05) is 12.1 Å². The molecule has 1 aromatic carbocycles. The van der Waals surface area contributed by atoms with E-state index < -0.39 is 0 Å². The van der Waals surface area contributed by atoms with Crippen LogP contribution >= 0.6 is 0 Å². The summed E-state index contributed by atoms with van der Waals surface area (Å²) in [7, 11) is 1.62. The molecule has 1 fully saturated rings. The van der Waals surface area contributed by atoms with Crippen LogP contribution in [0.25, 0.3) is 0 Å². The molecule has 6 nitrogen and oxygen atoms in total. The van der Waals surface area contributed by atoms with Gasteiger partial charge in [-0.05, 0) is 48.2 Å². The van der Waals surface area contributed by atoms with Gasteiger partial charge in [-0.3, -0.25) is 14.6 Å². The van der Waals surface area contributed by atoms with Gasteiger partial charge in [0.1, 0.15) is 5.75 Å². The number of benzene rings is 1. The van der Waals surface area contributed by atoms with Gasteiger partial charge in [0.05, 0.1) is 13.0 Å². The second-order valence-electron chi connectivity index (χ2n) is 6.88. The summed E-state index contributed by atoms with van der Waals surface area (Å²) in [6.07, 6.45) is 4.51. The van der Waals surface area contributed by atoms with E-state index >= 15 is 0 Å². The van der Waals surface area contributed by atoms with Crippen molar-refractivity contribution in [2.45, 2.75) is 32.9 Å². The number of rotatable bonds is 6. The second kappa shape index (κ2) is 8.66. The monoisotopic (exact) mass is 367 g/mol. The number of piperidine rings is 1. The smallest absolute Gasteiger partial charge is 0.225 e. The summed E-state index contributed by atoms with van der Waals surface area (Å²) < 4.78 is 5.24. The first-order chi connectivity index (χ1) is 13.1. The lowest BCUT2D eigenvalue weighted by atomic mass is 9.96. The predicted molar refractivity (Wildman–Crippen MR) is 102 cm³/mol. The van der Waals surface area contributed by atoms with E-state index in [0.717, 1.165) is 22.4 Å². The van der Waals surface area contributed by atoms with Crippen molar-refractivity contribution in [2.75, 3.05) is 13.7 Å². The Morgan fingerprint density at radius 2 is 2.22 bits per heavy atom. The van der Waals surface area contributed by atoms with Crippen LogP contribution in [0.15, 0.2) is 42.7 Å². The van der Waals surface area contributed by atoms with Crippen molar-refractivity contribution in [3.05, 3.63) is 59.4 Å². The molecular formula is C21H25N3O3. The van der Waals surface area contributed by atoms with Crippen LogP contribution in [-0.2, 0) is 22.7 Å². The summed E-state index contributed by atoms with van der Waals surface area (Å²) in [5.74, 6) is 0.663. The van der Waals surface area contributed by atoms with Gasteiger partial charge < -0.3 is 15.0 Å². The molecule has 27 heavy (non-hydrogen) atoms. The molecule has 1 N–H and O–H groups in total. The number of amides is 2. The van der Waals surface area contributed by atoms with Crippen LogP contribution in [0.2, 0.25) is 0 Å². The fourth-order valence-corrected chi connectivity index (χ4v) is 3.30. The molecule has 1 saturated heterocycles. The van der Waals surface area contributed by atoms with Gasteiger partial charge in [0, 0.05) is 38.4 Å². The average Bonchev–Trinajstić information content (AvgIpc) is 2.69. The molecule has 2 aromatic rings. The molecule has 2 amide bonds. The van der Waals surface area contributed by atoms with E-state index in [9.17, 15) is 9.59 Å². The van der Waals surface area contributed by atoms with E-state index in [4.69, 9.17) is 4.74 Å². The van der Waals surface area contributed by atoms with E-state index in [1.54, 1.807) is 24.4 Å². The quantitative estimate of drug-likeness (QED) is 0.851. The Labute approximate surface area is 159 Å². The summed E-state index contributed by atoms with van der Waals surface area (Å²) in [6.45, 7) is 3.39. The van der Waals surface area contributed by atoms with Crippen molar-refractivity contribution < 1.29 is 14.3 Å². The number of aryl methyl sites for hydroxylation is 1. The minimum atomic E-state index is -0.185. The molecule has 0 bridgehead atoms. The van der Waals surface area contributed by atoms with Crippen LogP contribution in [0.4, 0.5) is 0 Å². The van der Waals surface area contributed by atoms with Gasteiger partial charge in [0.15, 0.2) is 0 Å². The number of ether oxygens (including phenoxy) is 1. The molecule has 0 radical (unpaired) electrons. The predicted octanol–water partition coefficient (Wildman–Crippen LogP) is 2.45. The Morgan fingerprint density at radius 3 is 3.00 bits per heavy atom. The topological polar surface area (TPSA) is 71.5 Å². The van der Waals surface area contributed by atoms with Crippen LogP contribution in [0, 0.1) is 12.8 Å². The number of likely N-dealkylation sites (tertiary alicyclic amines) is 1. The van der Waals surface area contributed by atoms with E-state index in [1.807, 2.05) is 37.3 Å². The SMILES string of the molecule is COc1cccc(CN2CC(C(=O)NCc3ccncc3C)CCC2=O)c1. The highest BCUT2D eigenvalue weighted by Crippen LogP contribution is 2.22. The fraction of sp³-hybridized carbons (Fsp3) is 0.381. The number of carbonyl (C=O) groups excluding carboxylic acids is 2. The lowest BCUT2D eigenvalue weighted by Crippen LogP contribution is -2.45. The summed E-state index contributed by atoms with van der Waals surface area (Å²) >= 11 is 0. The highest BCUT2D eigenvalue weighted by molar-refractivity contribution is 5.83. The number of nitrogens with one attached hydrogen (secondary N) is 1. The van der Waals surface area contributed by atoms with E-state index in [2.05, 4.69) is 10.3 Å². The second-order valence-corrected chi connectivity index (χ2v) is 6.88. The molecule has 1 aliphatic heterocycles. The lowest BCUT2D eigenvalue weighted by molar-refractivity contribution is -0.139. The van der Waals surface area contributed by atoms with Crippen LogP contribution in [0.1, 0.15) is 29.5 Å². The van der Waals surface area contributed by atoms with Gasteiger partial charge >= 0.3 is 0 Å². The molecule has 1 atom stereocenters. The maximum absolute atomic E-state index is 12.6. The minimum absolute atomic E-state index is 0.00523. The molecule has 6 heteroatoms. The molecule has 3 rings (SSSR count). The maximum atomic E-state index is 12.6. The third-order valence-corrected chi connectivity index (χ3v) is 4.97. The number of hydrogen-bond acceptors (Lipinski definition) is 4. The van der Waals surface area contributed by atoms with Gasteiger partial charge in [0.2, 0.25) is 11.8 Å². The zero-order valence-corrected chi connectivity index (χ0v) is 15.8.